The third-order valence-electron chi connectivity index (χ3n) is 2.69. The van der Waals surface area contributed by atoms with Crippen LogP contribution in [0.4, 0.5) is 4.79 Å². The summed E-state index contributed by atoms with van der Waals surface area (Å²) in [6.07, 6.45) is 1.22. The molecule has 1 fully saturated rings. The van der Waals surface area contributed by atoms with Gasteiger partial charge in [0.1, 0.15) is 0 Å². The van der Waals surface area contributed by atoms with Gasteiger partial charge in [0, 0.05) is 6.54 Å². The molecule has 1 aliphatic heterocycles. The summed E-state index contributed by atoms with van der Waals surface area (Å²) in [4.78, 5) is 25.8. The summed E-state index contributed by atoms with van der Waals surface area (Å²) in [7, 11) is 0. The summed E-state index contributed by atoms with van der Waals surface area (Å²) in [5.74, 6) is -0.595. The highest BCUT2D eigenvalue weighted by Crippen LogP contribution is 2.18. The van der Waals surface area contributed by atoms with Crippen molar-refractivity contribution >= 4 is 12.0 Å². The maximum Gasteiger partial charge on any atom is 0.332 e. The van der Waals surface area contributed by atoms with Gasteiger partial charge in [-0.25, -0.2) is 9.59 Å². The molecule has 1 saturated heterocycles. The molecule has 3 N–H and O–H groups in total. The van der Waals surface area contributed by atoms with Gasteiger partial charge in [-0.3, -0.25) is 0 Å². The maximum absolute atomic E-state index is 11.4. The van der Waals surface area contributed by atoms with Crippen LogP contribution in [0.3, 0.4) is 0 Å². The van der Waals surface area contributed by atoms with Crippen molar-refractivity contribution in [3.8, 4) is 0 Å². The normalized spacial score (nSPS) is 22.1. The molecule has 2 amide bonds. The Hall–Kier alpha value is -2.16. The van der Waals surface area contributed by atoms with Crippen LogP contribution in [0.15, 0.2) is 10.9 Å². The quantitative estimate of drug-likeness (QED) is 0.658. The SMILES string of the molecule is O=C(NCc1ncon1)NCC1CCC(C(=O)O)O1. The lowest BCUT2D eigenvalue weighted by Gasteiger charge is -2.12. The number of carbonyl (C=O) groups excluding carboxylic acids is 1. The Morgan fingerprint density at radius 2 is 2.26 bits per heavy atom. The molecule has 2 unspecified atom stereocenters. The van der Waals surface area contributed by atoms with Crippen LogP contribution >= 0.6 is 0 Å². The summed E-state index contributed by atoms with van der Waals surface area (Å²) in [5.41, 5.74) is 0. The van der Waals surface area contributed by atoms with Crippen molar-refractivity contribution in [2.45, 2.75) is 31.6 Å². The van der Waals surface area contributed by atoms with E-state index in [0.29, 0.717) is 18.7 Å². The molecule has 9 heteroatoms. The third-order valence-corrected chi connectivity index (χ3v) is 2.69. The largest absolute Gasteiger partial charge is 0.479 e. The fourth-order valence-electron chi connectivity index (χ4n) is 1.74. The highest BCUT2D eigenvalue weighted by molar-refractivity contribution is 5.74. The summed E-state index contributed by atoms with van der Waals surface area (Å²) in [6.45, 7) is 0.424. The molecule has 1 aromatic rings. The molecule has 2 heterocycles. The zero-order valence-corrected chi connectivity index (χ0v) is 10.0. The van der Waals surface area contributed by atoms with Crippen LogP contribution in [0.1, 0.15) is 18.7 Å². The second-order valence-corrected chi connectivity index (χ2v) is 4.07. The van der Waals surface area contributed by atoms with Gasteiger partial charge in [0.2, 0.25) is 6.39 Å². The fourth-order valence-corrected chi connectivity index (χ4v) is 1.74. The molecule has 0 radical (unpaired) electrons. The lowest BCUT2D eigenvalue weighted by atomic mass is 10.2. The standard InChI is InChI=1S/C10H14N4O5/c15-9(16)7-2-1-6(19-7)3-11-10(17)12-4-8-13-5-18-14-8/h5-7H,1-4H2,(H,15,16)(H2,11,12,17). The predicted molar refractivity (Wildman–Crippen MR) is 60.1 cm³/mol. The molecule has 2 rings (SSSR count). The average molecular weight is 270 g/mol. The Bertz CT molecular complexity index is 435. The monoisotopic (exact) mass is 270 g/mol. The molecule has 19 heavy (non-hydrogen) atoms. The number of ether oxygens (including phenoxy) is 1. The van der Waals surface area contributed by atoms with Crippen LogP contribution in [-0.2, 0) is 16.1 Å². The molecular formula is C10H14N4O5. The van der Waals surface area contributed by atoms with E-state index in [4.69, 9.17) is 9.84 Å². The summed E-state index contributed by atoms with van der Waals surface area (Å²) >= 11 is 0. The number of carboxylic acids is 1. The number of hydrogen-bond acceptors (Lipinski definition) is 6. The Morgan fingerprint density at radius 3 is 2.89 bits per heavy atom. The summed E-state index contributed by atoms with van der Waals surface area (Å²) in [6, 6.07) is -0.396. The van der Waals surface area contributed by atoms with Gasteiger partial charge >= 0.3 is 12.0 Å². The maximum atomic E-state index is 11.4. The summed E-state index contributed by atoms with van der Waals surface area (Å²) < 4.78 is 9.76. The van der Waals surface area contributed by atoms with Crippen molar-refractivity contribution in [1.29, 1.82) is 0 Å². The van der Waals surface area contributed by atoms with Gasteiger partial charge in [0.25, 0.3) is 0 Å². The smallest absolute Gasteiger partial charge is 0.332 e. The molecule has 1 aliphatic rings. The Morgan fingerprint density at radius 1 is 1.42 bits per heavy atom. The van der Waals surface area contributed by atoms with Gasteiger partial charge in [0.15, 0.2) is 11.9 Å². The van der Waals surface area contributed by atoms with E-state index in [9.17, 15) is 9.59 Å². The zero-order chi connectivity index (χ0) is 13.7. The molecule has 104 valence electrons. The molecule has 0 aromatic carbocycles. The molecule has 0 saturated carbocycles. The lowest BCUT2D eigenvalue weighted by molar-refractivity contribution is -0.149. The van der Waals surface area contributed by atoms with Crippen LogP contribution in [0.5, 0.6) is 0 Å². The van der Waals surface area contributed by atoms with E-state index in [2.05, 4.69) is 25.3 Å². The first-order valence-corrected chi connectivity index (χ1v) is 5.80. The van der Waals surface area contributed by atoms with Gasteiger partial charge in [-0.05, 0) is 12.8 Å². The van der Waals surface area contributed by atoms with Crippen LogP contribution in [0.2, 0.25) is 0 Å². The minimum Gasteiger partial charge on any atom is -0.479 e. The van der Waals surface area contributed by atoms with Crippen LogP contribution in [0, 0.1) is 0 Å². The van der Waals surface area contributed by atoms with Crippen molar-refractivity contribution in [2.24, 2.45) is 0 Å². The molecule has 9 nitrogen and oxygen atoms in total. The number of nitrogens with one attached hydrogen (secondary N) is 2. The number of carbonyl (C=O) groups is 2. The van der Waals surface area contributed by atoms with Gasteiger partial charge < -0.3 is 25.0 Å². The second-order valence-electron chi connectivity index (χ2n) is 4.07. The Kier molecular flexibility index (Phi) is 4.29. The average Bonchev–Trinajstić information content (AvgIpc) is 3.05. The van der Waals surface area contributed by atoms with E-state index in [-0.39, 0.29) is 19.2 Å². The van der Waals surface area contributed by atoms with E-state index < -0.39 is 18.1 Å². The Balaban J connectivity index is 1.63. The van der Waals surface area contributed by atoms with Crippen molar-refractivity contribution in [3.05, 3.63) is 12.2 Å². The van der Waals surface area contributed by atoms with E-state index in [0.717, 1.165) is 0 Å². The minimum absolute atomic E-state index is 0.158. The number of carboxylic acid groups (broad SMARTS) is 1. The highest BCUT2D eigenvalue weighted by Gasteiger charge is 2.30. The number of aliphatic carboxylic acids is 1. The first-order valence-electron chi connectivity index (χ1n) is 5.80. The molecule has 2 atom stereocenters. The Labute approximate surface area is 108 Å². The van der Waals surface area contributed by atoms with Crippen molar-refractivity contribution in [2.75, 3.05) is 6.54 Å². The topological polar surface area (TPSA) is 127 Å². The number of hydrogen-bond donors (Lipinski definition) is 3. The van der Waals surface area contributed by atoms with E-state index in [1.807, 2.05) is 0 Å². The molecule has 0 aliphatic carbocycles. The zero-order valence-electron chi connectivity index (χ0n) is 10.0. The highest BCUT2D eigenvalue weighted by atomic mass is 16.5. The minimum atomic E-state index is -0.968. The molecule has 1 aromatic heterocycles. The molecular weight excluding hydrogens is 256 g/mol. The van der Waals surface area contributed by atoms with Crippen molar-refractivity contribution in [3.63, 3.8) is 0 Å². The van der Waals surface area contributed by atoms with Crippen molar-refractivity contribution in [1.82, 2.24) is 20.8 Å². The number of rotatable bonds is 5. The van der Waals surface area contributed by atoms with Crippen LogP contribution in [-0.4, -0.2) is 46.0 Å². The molecule has 0 spiro atoms. The van der Waals surface area contributed by atoms with Gasteiger partial charge in [-0.2, -0.15) is 4.98 Å². The molecule has 0 bridgehead atoms. The van der Waals surface area contributed by atoms with E-state index >= 15 is 0 Å². The van der Waals surface area contributed by atoms with Gasteiger partial charge in [0.05, 0.1) is 12.6 Å². The first-order chi connectivity index (χ1) is 9.15. The predicted octanol–water partition coefficient (Wildman–Crippen LogP) is -0.499. The fraction of sp³-hybridized carbons (Fsp3) is 0.600. The third kappa shape index (κ3) is 3.91. The lowest BCUT2D eigenvalue weighted by Crippen LogP contribution is -2.39. The van der Waals surface area contributed by atoms with E-state index in [1.54, 1.807) is 0 Å². The van der Waals surface area contributed by atoms with Crippen LogP contribution in [0.25, 0.3) is 0 Å². The number of urea groups is 1. The summed E-state index contributed by atoms with van der Waals surface area (Å²) in [5, 5.41) is 17.4. The number of aromatic nitrogens is 2. The number of nitrogens with zero attached hydrogens (tertiary/aromatic N) is 2. The number of amides is 2. The van der Waals surface area contributed by atoms with Gasteiger partial charge in [-0.15, -0.1) is 0 Å². The van der Waals surface area contributed by atoms with Gasteiger partial charge in [-0.1, -0.05) is 5.16 Å². The van der Waals surface area contributed by atoms with Crippen molar-refractivity contribution < 1.29 is 24.0 Å². The second kappa shape index (κ2) is 6.14. The van der Waals surface area contributed by atoms with E-state index in [1.165, 1.54) is 6.39 Å². The first kappa shape index (κ1) is 13.3. The van der Waals surface area contributed by atoms with Crippen LogP contribution < -0.4 is 10.6 Å².